The fourth-order valence-electron chi connectivity index (χ4n) is 3.95. The van der Waals surface area contributed by atoms with Gasteiger partial charge in [-0.25, -0.2) is 0 Å². The first-order valence-corrected chi connectivity index (χ1v) is 5.81. The Morgan fingerprint density at radius 1 is 1.08 bits per heavy atom. The average Bonchev–Trinajstić information content (AvgIpc) is 2.87. The van der Waals surface area contributed by atoms with E-state index in [4.69, 9.17) is 0 Å². The first-order chi connectivity index (χ1) is 5.81. The number of hydrogen-bond acceptors (Lipinski definition) is 0. The molecule has 0 nitrogen and oxygen atoms in total. The molecule has 68 valence electrons. The van der Waals surface area contributed by atoms with Crippen molar-refractivity contribution in [2.45, 2.75) is 39.5 Å². The Kier molecular flexibility index (Phi) is 1.40. The Morgan fingerprint density at radius 2 is 1.83 bits per heavy atom. The highest BCUT2D eigenvalue weighted by atomic mass is 14.6. The van der Waals surface area contributed by atoms with Crippen LogP contribution in [-0.4, -0.2) is 0 Å². The van der Waals surface area contributed by atoms with Gasteiger partial charge in [0.1, 0.15) is 0 Å². The molecule has 0 aromatic carbocycles. The number of fused-ring (bicyclic) bond motifs is 2. The molecule has 6 atom stereocenters. The molecular weight excluding hydrogens is 144 g/mol. The van der Waals surface area contributed by atoms with Crippen molar-refractivity contribution >= 4 is 0 Å². The van der Waals surface area contributed by atoms with Crippen molar-refractivity contribution in [3.63, 3.8) is 0 Å². The van der Waals surface area contributed by atoms with Crippen molar-refractivity contribution < 1.29 is 0 Å². The van der Waals surface area contributed by atoms with E-state index >= 15 is 0 Å². The highest BCUT2D eigenvalue weighted by molar-refractivity contribution is 5.06. The molecule has 0 radical (unpaired) electrons. The second kappa shape index (κ2) is 2.27. The topological polar surface area (TPSA) is 0 Å². The normalized spacial score (nSPS) is 61.5. The van der Waals surface area contributed by atoms with Crippen molar-refractivity contribution in [3.8, 4) is 0 Å². The van der Waals surface area contributed by atoms with Crippen molar-refractivity contribution in [2.24, 2.45) is 35.5 Å². The van der Waals surface area contributed by atoms with Gasteiger partial charge in [0.25, 0.3) is 0 Å². The lowest BCUT2D eigenvalue weighted by Gasteiger charge is -2.12. The van der Waals surface area contributed by atoms with Crippen molar-refractivity contribution in [2.75, 3.05) is 0 Å². The second-order valence-corrected chi connectivity index (χ2v) is 5.50. The summed E-state index contributed by atoms with van der Waals surface area (Å²) in [6.07, 6.45) is 6.24. The fourth-order valence-corrected chi connectivity index (χ4v) is 3.95. The van der Waals surface area contributed by atoms with Crippen LogP contribution >= 0.6 is 0 Å². The Bertz CT molecular complexity index is 194. The smallest absolute Gasteiger partial charge is 0.0326 e. The van der Waals surface area contributed by atoms with E-state index in [0.717, 1.165) is 23.7 Å². The molecule has 0 aromatic heterocycles. The summed E-state index contributed by atoms with van der Waals surface area (Å²) in [5, 5.41) is 0. The maximum Gasteiger partial charge on any atom is -0.0326 e. The molecule has 0 amide bonds. The Labute approximate surface area is 75.7 Å². The van der Waals surface area contributed by atoms with Gasteiger partial charge in [-0.2, -0.15) is 0 Å². The predicted octanol–water partition coefficient (Wildman–Crippen LogP) is 3.32. The number of hydrogen-bond donors (Lipinski definition) is 0. The largest absolute Gasteiger partial charge is 0.0651 e. The molecule has 0 saturated heterocycles. The van der Waals surface area contributed by atoms with E-state index in [1.807, 2.05) is 0 Å². The molecule has 0 aliphatic heterocycles. The molecule has 0 heteroatoms. The zero-order chi connectivity index (χ0) is 8.29. The maximum atomic E-state index is 2.49. The summed E-state index contributed by atoms with van der Waals surface area (Å²) in [5.41, 5.74) is 0. The SMILES string of the molecule is CCC1CC2CC2CC2C(C)C12. The Hall–Kier alpha value is 0. The van der Waals surface area contributed by atoms with Crippen LogP contribution in [0.1, 0.15) is 39.5 Å². The van der Waals surface area contributed by atoms with Gasteiger partial charge in [-0.15, -0.1) is 0 Å². The molecule has 3 aliphatic rings. The van der Waals surface area contributed by atoms with E-state index in [2.05, 4.69) is 13.8 Å². The standard InChI is InChI=1S/C12H20/c1-3-8-4-9-5-10(9)6-11-7(2)12(8)11/h7-12H,3-6H2,1-2H3. The van der Waals surface area contributed by atoms with Gasteiger partial charge in [-0.3, -0.25) is 0 Å². The first kappa shape index (κ1) is 7.41. The minimum atomic E-state index is 1.09. The van der Waals surface area contributed by atoms with Gasteiger partial charge in [0, 0.05) is 0 Å². The summed E-state index contributed by atoms with van der Waals surface area (Å²) in [4.78, 5) is 0. The van der Waals surface area contributed by atoms with Gasteiger partial charge in [-0.05, 0) is 54.8 Å². The van der Waals surface area contributed by atoms with Crippen LogP contribution < -0.4 is 0 Å². The van der Waals surface area contributed by atoms with Gasteiger partial charge in [-0.1, -0.05) is 20.3 Å². The monoisotopic (exact) mass is 164 g/mol. The second-order valence-electron chi connectivity index (χ2n) is 5.50. The van der Waals surface area contributed by atoms with E-state index in [-0.39, 0.29) is 0 Å². The molecule has 0 spiro atoms. The fraction of sp³-hybridized carbons (Fsp3) is 1.00. The summed E-state index contributed by atoms with van der Waals surface area (Å²) >= 11 is 0. The highest BCUT2D eigenvalue weighted by Crippen LogP contribution is 2.64. The van der Waals surface area contributed by atoms with E-state index in [1.165, 1.54) is 18.3 Å². The third-order valence-electron chi connectivity index (χ3n) is 4.95. The van der Waals surface area contributed by atoms with Crippen molar-refractivity contribution in [1.29, 1.82) is 0 Å². The molecule has 6 unspecified atom stereocenters. The van der Waals surface area contributed by atoms with E-state index in [1.54, 1.807) is 19.3 Å². The van der Waals surface area contributed by atoms with Gasteiger partial charge in [0.15, 0.2) is 0 Å². The maximum absolute atomic E-state index is 2.49. The molecule has 0 aromatic rings. The molecule has 3 fully saturated rings. The molecule has 3 saturated carbocycles. The van der Waals surface area contributed by atoms with Crippen LogP contribution in [0.5, 0.6) is 0 Å². The van der Waals surface area contributed by atoms with Crippen LogP contribution in [0.3, 0.4) is 0 Å². The van der Waals surface area contributed by atoms with E-state index in [0.29, 0.717) is 0 Å². The molecule has 3 aliphatic carbocycles. The summed E-state index contributed by atoms with van der Waals surface area (Å²) in [7, 11) is 0. The van der Waals surface area contributed by atoms with Gasteiger partial charge < -0.3 is 0 Å². The quantitative estimate of drug-likeness (QED) is 0.557. The summed E-state index contributed by atoms with van der Waals surface area (Å²) < 4.78 is 0. The minimum absolute atomic E-state index is 1.09. The molecule has 0 bridgehead atoms. The van der Waals surface area contributed by atoms with Crippen LogP contribution in [0.15, 0.2) is 0 Å². The molecule has 0 N–H and O–H groups in total. The molecule has 0 heterocycles. The number of rotatable bonds is 1. The minimum Gasteiger partial charge on any atom is -0.0651 e. The van der Waals surface area contributed by atoms with Gasteiger partial charge >= 0.3 is 0 Å². The lowest BCUT2D eigenvalue weighted by molar-refractivity contribution is 0.376. The van der Waals surface area contributed by atoms with Crippen LogP contribution in [0, 0.1) is 35.5 Å². The summed E-state index contributed by atoms with van der Waals surface area (Å²) in [6, 6.07) is 0. The summed E-state index contributed by atoms with van der Waals surface area (Å²) in [5.74, 6) is 6.88. The molecular formula is C12H20. The summed E-state index contributed by atoms with van der Waals surface area (Å²) in [6.45, 7) is 4.89. The van der Waals surface area contributed by atoms with E-state index in [9.17, 15) is 0 Å². The molecule has 12 heavy (non-hydrogen) atoms. The van der Waals surface area contributed by atoms with Crippen LogP contribution in [-0.2, 0) is 0 Å². The third-order valence-corrected chi connectivity index (χ3v) is 4.95. The zero-order valence-electron chi connectivity index (χ0n) is 8.29. The lowest BCUT2D eigenvalue weighted by Crippen LogP contribution is -2.03. The predicted molar refractivity (Wildman–Crippen MR) is 50.8 cm³/mol. The third kappa shape index (κ3) is 0.900. The average molecular weight is 164 g/mol. The van der Waals surface area contributed by atoms with Gasteiger partial charge in [0.05, 0.1) is 0 Å². The lowest BCUT2D eigenvalue weighted by atomic mass is 9.93. The van der Waals surface area contributed by atoms with Crippen LogP contribution in [0.4, 0.5) is 0 Å². The van der Waals surface area contributed by atoms with Crippen LogP contribution in [0.25, 0.3) is 0 Å². The van der Waals surface area contributed by atoms with E-state index < -0.39 is 0 Å². The molecule has 3 rings (SSSR count). The van der Waals surface area contributed by atoms with Crippen molar-refractivity contribution in [3.05, 3.63) is 0 Å². The van der Waals surface area contributed by atoms with Crippen molar-refractivity contribution in [1.82, 2.24) is 0 Å². The van der Waals surface area contributed by atoms with Gasteiger partial charge in [0.2, 0.25) is 0 Å². The van der Waals surface area contributed by atoms with Crippen LogP contribution in [0.2, 0.25) is 0 Å². The highest BCUT2D eigenvalue weighted by Gasteiger charge is 2.57. The Morgan fingerprint density at radius 3 is 2.58 bits per heavy atom. The zero-order valence-corrected chi connectivity index (χ0v) is 8.29. The Balaban J connectivity index is 1.77. The first-order valence-electron chi connectivity index (χ1n) is 5.81.